The lowest BCUT2D eigenvalue weighted by atomic mass is 10.1. The number of nitrogens with one attached hydrogen (secondary N) is 2. The second kappa shape index (κ2) is 9.40. The lowest BCUT2D eigenvalue weighted by Crippen LogP contribution is -2.29. The van der Waals surface area contributed by atoms with Crippen molar-refractivity contribution in [2.24, 2.45) is 5.92 Å². The molecule has 0 radical (unpaired) electrons. The number of anilines is 3. The summed E-state index contributed by atoms with van der Waals surface area (Å²) in [5, 5.41) is 6.23. The Balaban J connectivity index is 1.54. The van der Waals surface area contributed by atoms with Gasteiger partial charge in [-0.1, -0.05) is 13.8 Å². The third kappa shape index (κ3) is 5.71. The Morgan fingerprint density at radius 3 is 2.44 bits per heavy atom. The second-order valence-electron chi connectivity index (χ2n) is 7.59. The number of amides is 1. The van der Waals surface area contributed by atoms with Gasteiger partial charge in [0.2, 0.25) is 0 Å². The summed E-state index contributed by atoms with van der Waals surface area (Å²) < 4.78 is 0. The minimum Gasteiger partial charge on any atom is -0.372 e. The van der Waals surface area contributed by atoms with Gasteiger partial charge in [-0.15, -0.1) is 0 Å². The zero-order valence-corrected chi connectivity index (χ0v) is 16.4. The molecule has 1 fully saturated rings. The van der Waals surface area contributed by atoms with Crippen molar-refractivity contribution < 1.29 is 4.79 Å². The summed E-state index contributed by atoms with van der Waals surface area (Å²) in [6.07, 6.45) is 6.50. The Hall–Kier alpha value is -2.56. The van der Waals surface area contributed by atoms with Crippen LogP contribution in [0.1, 0.15) is 49.9 Å². The summed E-state index contributed by atoms with van der Waals surface area (Å²) >= 11 is 0. The molecule has 1 aliphatic rings. The molecule has 0 unspecified atom stereocenters. The molecule has 3 rings (SSSR count). The molecule has 144 valence electrons. The molecule has 0 saturated carbocycles. The summed E-state index contributed by atoms with van der Waals surface area (Å²) in [6, 6.07) is 12.1. The van der Waals surface area contributed by atoms with E-state index in [9.17, 15) is 4.79 Å². The molecule has 1 aromatic heterocycles. The van der Waals surface area contributed by atoms with Crippen LogP contribution in [0.25, 0.3) is 0 Å². The molecule has 27 heavy (non-hydrogen) atoms. The van der Waals surface area contributed by atoms with Crippen LogP contribution in [0.3, 0.4) is 0 Å². The highest BCUT2D eigenvalue weighted by Crippen LogP contribution is 2.23. The van der Waals surface area contributed by atoms with Crippen LogP contribution in [0.4, 0.5) is 17.2 Å². The molecule has 1 aromatic carbocycles. The van der Waals surface area contributed by atoms with Gasteiger partial charge in [-0.3, -0.25) is 4.79 Å². The highest BCUT2D eigenvalue weighted by atomic mass is 16.1. The molecule has 1 saturated heterocycles. The average Bonchev–Trinajstić information content (AvgIpc) is 2.69. The zero-order chi connectivity index (χ0) is 19.1. The molecule has 2 aromatic rings. The first kappa shape index (κ1) is 19.2. The van der Waals surface area contributed by atoms with Gasteiger partial charge in [0, 0.05) is 37.2 Å². The van der Waals surface area contributed by atoms with Crippen LogP contribution in [-0.4, -0.2) is 30.5 Å². The van der Waals surface area contributed by atoms with Crippen molar-refractivity contribution in [3.05, 3.63) is 48.2 Å². The van der Waals surface area contributed by atoms with Crippen LogP contribution >= 0.6 is 0 Å². The molecule has 5 nitrogen and oxygen atoms in total. The van der Waals surface area contributed by atoms with Crippen LogP contribution in [0, 0.1) is 5.92 Å². The molecule has 1 amide bonds. The minimum absolute atomic E-state index is 0.0689. The van der Waals surface area contributed by atoms with Gasteiger partial charge in [0.1, 0.15) is 5.82 Å². The van der Waals surface area contributed by atoms with Crippen LogP contribution in [-0.2, 0) is 0 Å². The van der Waals surface area contributed by atoms with E-state index in [1.807, 2.05) is 12.1 Å². The molecule has 5 heteroatoms. The molecule has 0 spiro atoms. The number of benzene rings is 1. The normalized spacial score (nSPS) is 14.3. The van der Waals surface area contributed by atoms with Crippen molar-refractivity contribution in [2.75, 3.05) is 29.9 Å². The van der Waals surface area contributed by atoms with E-state index in [0.717, 1.165) is 31.0 Å². The smallest absolute Gasteiger partial charge is 0.252 e. The van der Waals surface area contributed by atoms with Crippen molar-refractivity contribution in [1.82, 2.24) is 10.3 Å². The fourth-order valence-corrected chi connectivity index (χ4v) is 3.23. The maximum absolute atomic E-state index is 12.1. The topological polar surface area (TPSA) is 57.3 Å². The summed E-state index contributed by atoms with van der Waals surface area (Å²) in [6.45, 7) is 7.28. The summed E-state index contributed by atoms with van der Waals surface area (Å²) in [5.41, 5.74) is 2.86. The number of carbonyl (C=O) groups excluding carboxylic acids is 1. The largest absolute Gasteiger partial charge is 0.372 e. The quantitative estimate of drug-likeness (QED) is 0.752. The van der Waals surface area contributed by atoms with E-state index in [1.54, 1.807) is 6.20 Å². The van der Waals surface area contributed by atoms with Crippen molar-refractivity contribution in [3.8, 4) is 0 Å². The maximum Gasteiger partial charge on any atom is 0.252 e. The van der Waals surface area contributed by atoms with Gasteiger partial charge in [-0.2, -0.15) is 0 Å². The lowest BCUT2D eigenvalue weighted by Gasteiger charge is -2.28. The summed E-state index contributed by atoms with van der Waals surface area (Å²) in [7, 11) is 0. The predicted octanol–water partition coefficient (Wildman–Crippen LogP) is 4.59. The van der Waals surface area contributed by atoms with Crippen LogP contribution in [0.15, 0.2) is 42.6 Å². The van der Waals surface area contributed by atoms with Crippen molar-refractivity contribution in [1.29, 1.82) is 0 Å². The highest BCUT2D eigenvalue weighted by Gasteiger charge is 2.11. The summed E-state index contributed by atoms with van der Waals surface area (Å²) in [5.74, 6) is 1.25. The molecule has 0 atom stereocenters. The first-order valence-electron chi connectivity index (χ1n) is 9.98. The van der Waals surface area contributed by atoms with E-state index in [0.29, 0.717) is 18.0 Å². The highest BCUT2D eigenvalue weighted by molar-refractivity contribution is 5.94. The number of nitrogens with zero attached hydrogens (tertiary/aromatic N) is 2. The number of hydrogen-bond acceptors (Lipinski definition) is 4. The number of pyridine rings is 1. The van der Waals surface area contributed by atoms with Crippen LogP contribution in [0.5, 0.6) is 0 Å². The number of hydrogen-bond donors (Lipinski definition) is 2. The number of rotatable bonds is 7. The van der Waals surface area contributed by atoms with E-state index < -0.39 is 0 Å². The molecular formula is C22H30N4O. The lowest BCUT2D eigenvalue weighted by molar-refractivity contribution is 0.0951. The van der Waals surface area contributed by atoms with Gasteiger partial charge in [0.05, 0.1) is 5.56 Å². The minimum atomic E-state index is -0.0689. The zero-order valence-electron chi connectivity index (χ0n) is 16.4. The average molecular weight is 367 g/mol. The fraction of sp³-hybridized carbons (Fsp3) is 0.455. The first-order valence-corrected chi connectivity index (χ1v) is 9.98. The molecule has 2 heterocycles. The molecule has 0 aliphatic carbocycles. The SMILES string of the molecule is CC(C)CCNC(=O)c1ccc(Nc2ccc(N3CCCCC3)cc2)nc1. The third-order valence-electron chi connectivity index (χ3n) is 4.89. The van der Waals surface area contributed by atoms with Crippen molar-refractivity contribution in [3.63, 3.8) is 0 Å². The Kier molecular flexibility index (Phi) is 6.69. The number of carbonyl (C=O) groups is 1. The van der Waals surface area contributed by atoms with E-state index in [4.69, 9.17) is 0 Å². The predicted molar refractivity (Wildman–Crippen MR) is 112 cm³/mol. The van der Waals surface area contributed by atoms with E-state index in [2.05, 4.69) is 58.6 Å². The maximum atomic E-state index is 12.1. The van der Waals surface area contributed by atoms with Crippen LogP contribution < -0.4 is 15.5 Å². The summed E-state index contributed by atoms with van der Waals surface area (Å²) in [4.78, 5) is 18.9. The monoisotopic (exact) mass is 366 g/mol. The molecular weight excluding hydrogens is 336 g/mol. The first-order chi connectivity index (χ1) is 13.1. The Morgan fingerprint density at radius 2 is 1.81 bits per heavy atom. The van der Waals surface area contributed by atoms with Gasteiger partial charge in [0.15, 0.2) is 0 Å². The molecule has 1 aliphatic heterocycles. The standard InChI is InChI=1S/C22H30N4O/c1-17(2)12-13-23-22(27)18-6-11-21(24-16-18)25-19-7-9-20(10-8-19)26-14-4-3-5-15-26/h6-11,16-17H,3-5,12-15H2,1-2H3,(H,23,27)(H,24,25). The van der Waals surface area contributed by atoms with Gasteiger partial charge < -0.3 is 15.5 Å². The molecule has 2 N–H and O–H groups in total. The van der Waals surface area contributed by atoms with Gasteiger partial charge in [-0.05, 0) is 68.0 Å². The van der Waals surface area contributed by atoms with E-state index >= 15 is 0 Å². The fourth-order valence-electron chi connectivity index (χ4n) is 3.23. The van der Waals surface area contributed by atoms with Crippen LogP contribution in [0.2, 0.25) is 0 Å². The van der Waals surface area contributed by atoms with E-state index in [-0.39, 0.29) is 5.91 Å². The molecule has 0 bridgehead atoms. The van der Waals surface area contributed by atoms with Crippen molar-refractivity contribution in [2.45, 2.75) is 39.5 Å². The second-order valence-corrected chi connectivity index (χ2v) is 7.59. The Bertz CT molecular complexity index is 719. The number of aromatic nitrogens is 1. The van der Waals surface area contributed by atoms with Gasteiger partial charge >= 0.3 is 0 Å². The number of piperidine rings is 1. The van der Waals surface area contributed by atoms with Gasteiger partial charge in [0.25, 0.3) is 5.91 Å². The Morgan fingerprint density at radius 1 is 1.07 bits per heavy atom. The van der Waals surface area contributed by atoms with Gasteiger partial charge in [-0.25, -0.2) is 4.98 Å². The third-order valence-corrected chi connectivity index (χ3v) is 4.89. The van der Waals surface area contributed by atoms with E-state index in [1.165, 1.54) is 24.9 Å². The Labute approximate surface area is 162 Å². The van der Waals surface area contributed by atoms with Crippen molar-refractivity contribution >= 4 is 23.1 Å².